The van der Waals surface area contributed by atoms with Gasteiger partial charge in [-0.15, -0.1) is 11.3 Å². The van der Waals surface area contributed by atoms with E-state index in [0.29, 0.717) is 21.9 Å². The average Bonchev–Trinajstić information content (AvgIpc) is 2.99. The number of hydrogen-bond acceptors (Lipinski definition) is 6. The summed E-state index contributed by atoms with van der Waals surface area (Å²) in [4.78, 5) is 13.6. The first kappa shape index (κ1) is 19.7. The van der Waals surface area contributed by atoms with Crippen molar-refractivity contribution in [2.45, 2.75) is 44.4 Å². The van der Waals surface area contributed by atoms with Crippen LogP contribution in [-0.4, -0.2) is 28.6 Å². The van der Waals surface area contributed by atoms with Gasteiger partial charge in [0, 0.05) is 4.88 Å². The Hall–Kier alpha value is -2.06. The minimum absolute atomic E-state index is 0.169. The third-order valence-corrected chi connectivity index (χ3v) is 7.60. The van der Waals surface area contributed by atoms with Crippen LogP contribution in [0.25, 0.3) is 0 Å². The maximum absolute atomic E-state index is 13.1. The Morgan fingerprint density at radius 1 is 1.11 bits per heavy atom. The van der Waals surface area contributed by atoms with Crippen LogP contribution in [0.15, 0.2) is 17.0 Å². The molecule has 1 aromatic carbocycles. The smallest absolute Gasteiger partial charge is 0.341 e. The number of carbonyl (C=O) groups excluding carboxylic acids is 1. The average molecular weight is 410 g/mol. The highest BCUT2D eigenvalue weighted by molar-refractivity contribution is 7.93. The van der Waals surface area contributed by atoms with E-state index in [2.05, 4.69) is 4.72 Å². The van der Waals surface area contributed by atoms with E-state index in [4.69, 9.17) is 9.47 Å². The Bertz CT molecular complexity index is 992. The molecule has 0 aliphatic heterocycles. The minimum Gasteiger partial charge on any atom is -0.496 e. The fourth-order valence-electron chi connectivity index (χ4n) is 3.41. The normalized spacial score (nSPS) is 13.8. The molecule has 0 saturated heterocycles. The van der Waals surface area contributed by atoms with E-state index in [9.17, 15) is 13.2 Å². The number of nitrogens with one attached hydrogen (secondary N) is 1. The fourth-order valence-corrected chi connectivity index (χ4v) is 6.30. The first-order chi connectivity index (χ1) is 12.8. The third kappa shape index (κ3) is 3.68. The van der Waals surface area contributed by atoms with Crippen molar-refractivity contribution >= 4 is 32.3 Å². The lowest BCUT2D eigenvalue weighted by Gasteiger charge is -2.14. The predicted octanol–water partition coefficient (Wildman–Crippen LogP) is 3.84. The summed E-state index contributed by atoms with van der Waals surface area (Å²) in [5.41, 5.74) is 2.56. The van der Waals surface area contributed by atoms with Crippen LogP contribution in [0.4, 0.5) is 5.00 Å². The van der Waals surface area contributed by atoms with Gasteiger partial charge < -0.3 is 9.47 Å². The number of anilines is 1. The van der Waals surface area contributed by atoms with Crippen molar-refractivity contribution in [2.24, 2.45) is 0 Å². The molecule has 0 radical (unpaired) electrons. The number of esters is 1. The zero-order valence-electron chi connectivity index (χ0n) is 15.8. The van der Waals surface area contributed by atoms with Crippen molar-refractivity contribution in [3.05, 3.63) is 39.3 Å². The van der Waals surface area contributed by atoms with Gasteiger partial charge in [0.15, 0.2) is 0 Å². The Kier molecular flexibility index (Phi) is 5.48. The van der Waals surface area contributed by atoms with Crippen LogP contribution in [0, 0.1) is 13.8 Å². The number of thiophene rings is 1. The standard InChI is InChI=1S/C19H23NO5S2/c1-11-10-16(12(2)9-14(11)24-3)27(22,23)20-18-17(19(21)25-4)13-7-5-6-8-15(13)26-18/h9-10,20H,5-8H2,1-4H3. The van der Waals surface area contributed by atoms with Gasteiger partial charge in [-0.1, -0.05) is 0 Å². The summed E-state index contributed by atoms with van der Waals surface area (Å²) in [6.45, 7) is 3.51. The first-order valence-corrected chi connectivity index (χ1v) is 11.0. The van der Waals surface area contributed by atoms with Gasteiger partial charge in [0.05, 0.1) is 24.7 Å². The molecular weight excluding hydrogens is 386 g/mol. The van der Waals surface area contributed by atoms with Gasteiger partial charge in [0.1, 0.15) is 10.8 Å². The molecule has 1 aromatic heterocycles. The lowest BCUT2D eigenvalue weighted by molar-refractivity contribution is 0.0601. The Morgan fingerprint density at radius 2 is 1.81 bits per heavy atom. The maximum atomic E-state index is 13.1. The Morgan fingerprint density at radius 3 is 2.48 bits per heavy atom. The zero-order valence-corrected chi connectivity index (χ0v) is 17.5. The quantitative estimate of drug-likeness (QED) is 0.759. The Labute approximate surface area is 163 Å². The molecule has 1 N–H and O–H groups in total. The van der Waals surface area contributed by atoms with Crippen LogP contribution < -0.4 is 9.46 Å². The summed E-state index contributed by atoms with van der Waals surface area (Å²) in [6.07, 6.45) is 3.64. The van der Waals surface area contributed by atoms with Crippen LogP contribution in [0.3, 0.4) is 0 Å². The number of rotatable bonds is 5. The van der Waals surface area contributed by atoms with E-state index < -0.39 is 16.0 Å². The van der Waals surface area contributed by atoms with Gasteiger partial charge in [-0.2, -0.15) is 0 Å². The number of fused-ring (bicyclic) bond motifs is 1. The molecule has 1 aliphatic carbocycles. The van der Waals surface area contributed by atoms with E-state index >= 15 is 0 Å². The SMILES string of the molecule is COC(=O)c1c(NS(=O)(=O)c2cc(C)c(OC)cc2C)sc2c1CCCC2. The number of aryl methyl sites for hydroxylation is 3. The van der Waals surface area contributed by atoms with Crippen LogP contribution in [0.2, 0.25) is 0 Å². The van der Waals surface area contributed by atoms with Crippen molar-refractivity contribution in [1.82, 2.24) is 0 Å². The molecule has 1 heterocycles. The van der Waals surface area contributed by atoms with Gasteiger partial charge >= 0.3 is 5.97 Å². The lowest BCUT2D eigenvalue weighted by atomic mass is 9.95. The summed E-state index contributed by atoms with van der Waals surface area (Å²) < 4.78 is 38.9. The highest BCUT2D eigenvalue weighted by Gasteiger charge is 2.29. The number of ether oxygens (including phenoxy) is 2. The molecule has 0 spiro atoms. The lowest BCUT2D eigenvalue weighted by Crippen LogP contribution is -2.17. The summed E-state index contributed by atoms with van der Waals surface area (Å²) in [5, 5.41) is 0.335. The second-order valence-electron chi connectivity index (χ2n) is 6.60. The second-order valence-corrected chi connectivity index (χ2v) is 9.36. The van der Waals surface area contributed by atoms with E-state index in [1.165, 1.54) is 18.4 Å². The molecule has 8 heteroatoms. The van der Waals surface area contributed by atoms with Crippen molar-refractivity contribution < 1.29 is 22.7 Å². The predicted molar refractivity (Wildman–Crippen MR) is 106 cm³/mol. The molecule has 1 aliphatic rings. The van der Waals surface area contributed by atoms with Crippen molar-refractivity contribution in [2.75, 3.05) is 18.9 Å². The number of sulfonamides is 1. The second kappa shape index (κ2) is 7.52. The van der Waals surface area contributed by atoms with Gasteiger partial charge in [0.25, 0.3) is 10.0 Å². The van der Waals surface area contributed by atoms with Crippen molar-refractivity contribution in [3.63, 3.8) is 0 Å². The number of carbonyl (C=O) groups is 1. The number of hydrogen-bond donors (Lipinski definition) is 1. The zero-order chi connectivity index (χ0) is 19.8. The Balaban J connectivity index is 2.06. The highest BCUT2D eigenvalue weighted by atomic mass is 32.2. The van der Waals surface area contributed by atoms with Crippen LogP contribution in [-0.2, 0) is 27.6 Å². The molecule has 3 rings (SSSR count). The monoisotopic (exact) mass is 409 g/mol. The van der Waals surface area contributed by atoms with E-state index in [0.717, 1.165) is 41.7 Å². The van der Waals surface area contributed by atoms with E-state index in [-0.39, 0.29) is 4.90 Å². The number of methoxy groups -OCH3 is 2. The molecular formula is C19H23NO5S2. The van der Waals surface area contributed by atoms with Crippen LogP contribution in [0.5, 0.6) is 5.75 Å². The minimum atomic E-state index is -3.86. The van der Waals surface area contributed by atoms with Gasteiger partial charge in [-0.25, -0.2) is 13.2 Å². The molecule has 2 aromatic rings. The molecule has 0 atom stereocenters. The fraction of sp³-hybridized carbons (Fsp3) is 0.421. The van der Waals surface area contributed by atoms with Crippen molar-refractivity contribution in [1.29, 1.82) is 0 Å². The summed E-state index contributed by atoms with van der Waals surface area (Å²) in [7, 11) is -0.999. The topological polar surface area (TPSA) is 81.7 Å². The molecule has 0 fully saturated rings. The molecule has 0 bridgehead atoms. The molecule has 6 nitrogen and oxygen atoms in total. The van der Waals surface area contributed by atoms with Gasteiger partial charge in [0.2, 0.25) is 0 Å². The largest absolute Gasteiger partial charge is 0.496 e. The molecule has 0 unspecified atom stereocenters. The molecule has 27 heavy (non-hydrogen) atoms. The van der Waals surface area contributed by atoms with E-state index in [1.54, 1.807) is 33.1 Å². The molecule has 146 valence electrons. The van der Waals surface area contributed by atoms with Crippen molar-refractivity contribution in [3.8, 4) is 5.75 Å². The molecule has 0 amide bonds. The third-order valence-electron chi connectivity index (χ3n) is 4.77. The van der Waals surface area contributed by atoms with Crippen LogP contribution >= 0.6 is 11.3 Å². The summed E-state index contributed by atoms with van der Waals surface area (Å²) >= 11 is 1.33. The van der Waals surface area contributed by atoms with Crippen LogP contribution in [0.1, 0.15) is 44.8 Å². The van der Waals surface area contributed by atoms with Gasteiger partial charge in [-0.05, 0) is 68.4 Å². The van der Waals surface area contributed by atoms with E-state index in [1.807, 2.05) is 0 Å². The maximum Gasteiger partial charge on any atom is 0.341 e. The molecule has 0 saturated carbocycles. The highest BCUT2D eigenvalue weighted by Crippen LogP contribution is 2.40. The first-order valence-electron chi connectivity index (χ1n) is 8.69. The summed E-state index contributed by atoms with van der Waals surface area (Å²) in [6, 6.07) is 3.28. The van der Waals surface area contributed by atoms with Gasteiger partial charge in [-0.3, -0.25) is 4.72 Å². The number of benzene rings is 1. The summed E-state index contributed by atoms with van der Waals surface area (Å²) in [5.74, 6) is 0.128.